The minimum Gasteiger partial charge on any atom is -0.354 e. The van der Waals surface area contributed by atoms with Crippen LogP contribution in [0, 0.1) is 0 Å². The first-order valence-electron chi connectivity index (χ1n) is 8.26. The Morgan fingerprint density at radius 3 is 2.85 bits per heavy atom. The fraction of sp³-hybridized carbons (Fsp3) is 0.235. The third-order valence-electron chi connectivity index (χ3n) is 4.23. The van der Waals surface area contributed by atoms with Gasteiger partial charge in [0, 0.05) is 24.5 Å². The molecule has 1 saturated heterocycles. The van der Waals surface area contributed by atoms with Gasteiger partial charge in [0.05, 0.1) is 0 Å². The van der Waals surface area contributed by atoms with Gasteiger partial charge in [0.1, 0.15) is 12.1 Å². The summed E-state index contributed by atoms with van der Waals surface area (Å²) in [5.41, 5.74) is 1.52. The van der Waals surface area contributed by atoms with Crippen molar-refractivity contribution in [3.8, 4) is 0 Å². The molecule has 134 valence electrons. The SMILES string of the molecule is O=S(=O)(/C=C/c1ccccc1)N[C@@H]1CCN(c2ccc3nncn3n2)C1. The zero-order valence-electron chi connectivity index (χ0n) is 13.9. The molecule has 4 rings (SSSR count). The smallest absolute Gasteiger partial charge is 0.234 e. The number of nitrogens with zero attached hydrogens (tertiary/aromatic N) is 5. The number of hydrogen-bond acceptors (Lipinski definition) is 6. The number of hydrogen-bond donors (Lipinski definition) is 1. The predicted octanol–water partition coefficient (Wildman–Crippen LogP) is 1.29. The van der Waals surface area contributed by atoms with Crippen LogP contribution in [0.3, 0.4) is 0 Å². The van der Waals surface area contributed by atoms with Gasteiger partial charge in [-0.15, -0.1) is 15.3 Å². The highest BCUT2D eigenvalue weighted by atomic mass is 32.2. The lowest BCUT2D eigenvalue weighted by Crippen LogP contribution is -2.36. The number of anilines is 1. The van der Waals surface area contributed by atoms with Crippen molar-refractivity contribution in [1.82, 2.24) is 24.5 Å². The molecular formula is C17H18N6O2S. The van der Waals surface area contributed by atoms with Crippen LogP contribution in [-0.2, 0) is 10.0 Å². The van der Waals surface area contributed by atoms with E-state index in [1.165, 1.54) is 5.41 Å². The lowest BCUT2D eigenvalue weighted by Gasteiger charge is -2.17. The predicted molar refractivity (Wildman–Crippen MR) is 98.9 cm³/mol. The van der Waals surface area contributed by atoms with Gasteiger partial charge < -0.3 is 4.90 Å². The Kier molecular flexibility index (Phi) is 4.39. The van der Waals surface area contributed by atoms with Crippen LogP contribution >= 0.6 is 0 Å². The van der Waals surface area contributed by atoms with Crippen molar-refractivity contribution in [2.75, 3.05) is 18.0 Å². The second-order valence-electron chi connectivity index (χ2n) is 6.13. The Morgan fingerprint density at radius 2 is 2.00 bits per heavy atom. The van der Waals surface area contributed by atoms with Crippen LogP contribution < -0.4 is 9.62 Å². The molecule has 1 N–H and O–H groups in total. The summed E-state index contributed by atoms with van der Waals surface area (Å²) in [6.45, 7) is 1.30. The summed E-state index contributed by atoms with van der Waals surface area (Å²) in [7, 11) is -3.50. The minimum absolute atomic E-state index is 0.154. The molecule has 0 amide bonds. The van der Waals surface area contributed by atoms with E-state index in [-0.39, 0.29) is 6.04 Å². The van der Waals surface area contributed by atoms with Gasteiger partial charge in [-0.25, -0.2) is 13.1 Å². The van der Waals surface area contributed by atoms with E-state index in [0.717, 1.165) is 24.3 Å². The Hall–Kier alpha value is -2.78. The number of fused-ring (bicyclic) bond motifs is 1. The monoisotopic (exact) mass is 370 g/mol. The highest BCUT2D eigenvalue weighted by Gasteiger charge is 2.26. The first-order valence-corrected chi connectivity index (χ1v) is 9.81. The maximum atomic E-state index is 12.3. The minimum atomic E-state index is -3.50. The van der Waals surface area contributed by atoms with Crippen LogP contribution in [0.4, 0.5) is 5.82 Å². The molecule has 1 fully saturated rings. The molecule has 9 heteroatoms. The molecule has 3 heterocycles. The van der Waals surface area contributed by atoms with E-state index in [9.17, 15) is 8.42 Å². The molecule has 1 aliphatic rings. The molecule has 0 unspecified atom stereocenters. The highest BCUT2D eigenvalue weighted by molar-refractivity contribution is 7.92. The largest absolute Gasteiger partial charge is 0.354 e. The zero-order valence-corrected chi connectivity index (χ0v) is 14.7. The Bertz CT molecular complexity index is 1030. The maximum absolute atomic E-state index is 12.3. The van der Waals surface area contributed by atoms with Crippen molar-refractivity contribution in [2.45, 2.75) is 12.5 Å². The first-order chi connectivity index (χ1) is 12.6. The summed E-state index contributed by atoms with van der Waals surface area (Å²) < 4.78 is 28.9. The molecule has 26 heavy (non-hydrogen) atoms. The van der Waals surface area contributed by atoms with Gasteiger partial charge in [-0.3, -0.25) is 0 Å². The third-order valence-corrected chi connectivity index (χ3v) is 5.39. The second kappa shape index (κ2) is 6.85. The zero-order chi connectivity index (χ0) is 18.0. The van der Waals surface area contributed by atoms with Crippen molar-refractivity contribution in [1.29, 1.82) is 0 Å². The number of nitrogens with one attached hydrogen (secondary N) is 1. The summed E-state index contributed by atoms with van der Waals surface area (Å²) in [4.78, 5) is 2.05. The van der Waals surface area contributed by atoms with Gasteiger partial charge in [-0.2, -0.15) is 4.52 Å². The van der Waals surface area contributed by atoms with Crippen LogP contribution in [0.2, 0.25) is 0 Å². The van der Waals surface area contributed by atoms with Crippen LogP contribution in [0.25, 0.3) is 11.7 Å². The summed E-state index contributed by atoms with van der Waals surface area (Å²) in [5.74, 6) is 0.777. The quantitative estimate of drug-likeness (QED) is 0.728. The van der Waals surface area contributed by atoms with Gasteiger partial charge in [0.15, 0.2) is 5.65 Å². The van der Waals surface area contributed by atoms with E-state index < -0.39 is 10.0 Å². The van der Waals surface area contributed by atoms with Crippen LogP contribution in [0.5, 0.6) is 0 Å². The van der Waals surface area contributed by atoms with Gasteiger partial charge in [0.2, 0.25) is 10.0 Å². The first kappa shape index (κ1) is 16.7. The highest BCUT2D eigenvalue weighted by Crippen LogP contribution is 2.19. The van der Waals surface area contributed by atoms with E-state index in [1.807, 2.05) is 47.4 Å². The molecule has 1 aliphatic heterocycles. The summed E-state index contributed by atoms with van der Waals surface area (Å²) in [6.07, 6.45) is 3.86. The molecular weight excluding hydrogens is 352 g/mol. The van der Waals surface area contributed by atoms with Gasteiger partial charge in [-0.05, 0) is 30.2 Å². The van der Waals surface area contributed by atoms with Crippen LogP contribution in [0.1, 0.15) is 12.0 Å². The average molecular weight is 370 g/mol. The average Bonchev–Trinajstić information content (AvgIpc) is 3.29. The van der Waals surface area contributed by atoms with Crippen molar-refractivity contribution in [2.24, 2.45) is 0 Å². The topological polar surface area (TPSA) is 92.5 Å². The molecule has 0 saturated carbocycles. The number of aromatic nitrogens is 4. The number of benzene rings is 1. The van der Waals surface area contributed by atoms with Crippen molar-refractivity contribution in [3.63, 3.8) is 0 Å². The van der Waals surface area contributed by atoms with Crippen molar-refractivity contribution in [3.05, 3.63) is 59.8 Å². The summed E-state index contributed by atoms with van der Waals surface area (Å²) >= 11 is 0. The lowest BCUT2D eigenvalue weighted by molar-refractivity contribution is 0.570. The van der Waals surface area contributed by atoms with Gasteiger partial charge in [0.25, 0.3) is 0 Å². The Morgan fingerprint density at radius 1 is 1.15 bits per heavy atom. The molecule has 0 spiro atoms. The second-order valence-corrected chi connectivity index (χ2v) is 7.73. The molecule has 3 aromatic rings. The number of sulfonamides is 1. The molecule has 8 nitrogen and oxygen atoms in total. The van der Waals surface area contributed by atoms with E-state index >= 15 is 0 Å². The normalized spacial score (nSPS) is 18.2. The molecule has 0 aliphatic carbocycles. The van der Waals surface area contributed by atoms with E-state index in [0.29, 0.717) is 12.2 Å². The molecule has 1 atom stereocenters. The molecule has 0 bridgehead atoms. The third kappa shape index (κ3) is 3.73. The molecule has 2 aromatic heterocycles. The van der Waals surface area contributed by atoms with E-state index in [4.69, 9.17) is 0 Å². The fourth-order valence-corrected chi connectivity index (χ4v) is 4.03. The summed E-state index contributed by atoms with van der Waals surface area (Å²) in [5, 5.41) is 13.4. The molecule has 1 aromatic carbocycles. The van der Waals surface area contributed by atoms with Crippen LogP contribution in [-0.4, -0.2) is 47.4 Å². The fourth-order valence-electron chi connectivity index (χ4n) is 2.96. The Labute approximate surface area is 151 Å². The number of rotatable bonds is 5. The van der Waals surface area contributed by atoms with Crippen molar-refractivity contribution < 1.29 is 8.42 Å². The summed E-state index contributed by atoms with van der Waals surface area (Å²) in [6, 6.07) is 12.9. The van der Waals surface area contributed by atoms with E-state index in [1.54, 1.807) is 16.9 Å². The van der Waals surface area contributed by atoms with Gasteiger partial charge >= 0.3 is 0 Å². The van der Waals surface area contributed by atoms with Gasteiger partial charge in [-0.1, -0.05) is 30.3 Å². The standard InChI is InChI=1S/C17H18N6O2S/c24-26(25,11-9-14-4-2-1-3-5-14)21-15-8-10-22(12-15)17-7-6-16-19-18-13-23(16)20-17/h1-7,9,11,13,15,21H,8,10,12H2/b11-9+/t15-/m1/s1. The Balaban J connectivity index is 1.41. The molecule has 0 radical (unpaired) electrons. The van der Waals surface area contributed by atoms with Crippen LogP contribution in [0.15, 0.2) is 54.2 Å². The lowest BCUT2D eigenvalue weighted by atomic mass is 10.2. The van der Waals surface area contributed by atoms with E-state index in [2.05, 4.69) is 20.0 Å². The van der Waals surface area contributed by atoms with Crippen molar-refractivity contribution >= 4 is 27.6 Å². The maximum Gasteiger partial charge on any atom is 0.234 e.